The Morgan fingerprint density at radius 2 is 1.54 bits per heavy atom. The van der Waals surface area contributed by atoms with Crippen molar-refractivity contribution < 1.29 is 19.1 Å². The number of rotatable bonds is 9. The summed E-state index contributed by atoms with van der Waals surface area (Å²) < 4.78 is 4.96. The summed E-state index contributed by atoms with van der Waals surface area (Å²) in [5.41, 5.74) is 2.25. The van der Waals surface area contributed by atoms with Gasteiger partial charge in [0.25, 0.3) is 5.91 Å². The van der Waals surface area contributed by atoms with Gasteiger partial charge in [0, 0.05) is 18.5 Å². The lowest BCUT2D eigenvalue weighted by Crippen LogP contribution is -2.21. The fraction of sp³-hybridized carbons (Fsp3) is 0.286. The predicted octanol–water partition coefficient (Wildman–Crippen LogP) is 4.19. The lowest BCUT2D eigenvalue weighted by atomic mass is 10.1. The van der Waals surface area contributed by atoms with Gasteiger partial charge in [-0.3, -0.25) is 14.4 Å². The van der Waals surface area contributed by atoms with Crippen LogP contribution >= 0.6 is 11.6 Å². The van der Waals surface area contributed by atoms with Crippen molar-refractivity contribution in [2.75, 3.05) is 17.2 Å². The van der Waals surface area contributed by atoms with E-state index in [1.54, 1.807) is 30.3 Å². The summed E-state index contributed by atoms with van der Waals surface area (Å²) >= 11 is 5.97. The van der Waals surface area contributed by atoms with Gasteiger partial charge in [-0.25, -0.2) is 0 Å². The zero-order chi connectivity index (χ0) is 20.4. The van der Waals surface area contributed by atoms with E-state index in [2.05, 4.69) is 10.6 Å². The summed E-state index contributed by atoms with van der Waals surface area (Å²) in [7, 11) is 0. The predicted molar refractivity (Wildman–Crippen MR) is 109 cm³/mol. The minimum Gasteiger partial charge on any atom is -0.456 e. The highest BCUT2D eigenvalue weighted by molar-refractivity contribution is 6.33. The van der Waals surface area contributed by atoms with E-state index in [4.69, 9.17) is 16.3 Å². The van der Waals surface area contributed by atoms with E-state index >= 15 is 0 Å². The van der Waals surface area contributed by atoms with Gasteiger partial charge in [-0.2, -0.15) is 0 Å². The number of carbonyl (C=O) groups excluding carboxylic acids is 3. The van der Waals surface area contributed by atoms with E-state index in [-0.39, 0.29) is 25.4 Å². The van der Waals surface area contributed by atoms with Crippen LogP contribution in [-0.2, 0) is 25.5 Å². The van der Waals surface area contributed by atoms with Crippen molar-refractivity contribution in [3.8, 4) is 0 Å². The quantitative estimate of drug-likeness (QED) is 0.616. The van der Waals surface area contributed by atoms with Gasteiger partial charge in [-0.1, -0.05) is 48.9 Å². The van der Waals surface area contributed by atoms with E-state index in [1.165, 1.54) is 0 Å². The van der Waals surface area contributed by atoms with E-state index in [0.717, 1.165) is 12.0 Å². The molecule has 2 N–H and O–H groups in total. The normalized spacial score (nSPS) is 10.2. The fourth-order valence-electron chi connectivity index (χ4n) is 2.52. The molecule has 0 aliphatic carbocycles. The average molecular weight is 403 g/mol. The molecule has 0 saturated heterocycles. The Morgan fingerprint density at radius 1 is 0.893 bits per heavy atom. The van der Waals surface area contributed by atoms with Crippen molar-refractivity contribution in [3.63, 3.8) is 0 Å². The highest BCUT2D eigenvalue weighted by Gasteiger charge is 2.11. The van der Waals surface area contributed by atoms with Crippen molar-refractivity contribution in [2.24, 2.45) is 0 Å². The third-order valence-electron chi connectivity index (χ3n) is 3.97. The number of anilines is 2. The van der Waals surface area contributed by atoms with Gasteiger partial charge in [-0.15, -0.1) is 0 Å². The second kappa shape index (κ2) is 11.1. The maximum absolute atomic E-state index is 11.9. The van der Waals surface area contributed by atoms with Crippen molar-refractivity contribution in [3.05, 3.63) is 59.1 Å². The number of nitrogens with one attached hydrogen (secondary N) is 2. The van der Waals surface area contributed by atoms with Crippen LogP contribution in [-0.4, -0.2) is 24.4 Å². The molecule has 6 nitrogen and oxygen atoms in total. The lowest BCUT2D eigenvalue weighted by Gasteiger charge is -2.10. The van der Waals surface area contributed by atoms with Gasteiger partial charge < -0.3 is 15.4 Å². The summed E-state index contributed by atoms with van der Waals surface area (Å²) in [4.78, 5) is 35.6. The number of benzene rings is 2. The monoisotopic (exact) mass is 402 g/mol. The molecule has 2 aromatic carbocycles. The van der Waals surface area contributed by atoms with E-state index < -0.39 is 11.9 Å². The van der Waals surface area contributed by atoms with Crippen molar-refractivity contribution in [1.29, 1.82) is 0 Å². The first-order chi connectivity index (χ1) is 13.5. The SMILES string of the molecule is CCc1ccccc1NC(=O)COC(=O)CCCC(=O)Nc1ccccc1Cl. The number of para-hydroxylation sites is 2. The van der Waals surface area contributed by atoms with E-state index in [1.807, 2.05) is 25.1 Å². The zero-order valence-corrected chi connectivity index (χ0v) is 16.4. The molecule has 0 aliphatic rings. The first-order valence-corrected chi connectivity index (χ1v) is 9.45. The molecule has 2 aromatic rings. The number of hydrogen-bond acceptors (Lipinski definition) is 4. The lowest BCUT2D eigenvalue weighted by molar-refractivity contribution is -0.147. The van der Waals surface area contributed by atoms with E-state index in [0.29, 0.717) is 22.8 Å². The van der Waals surface area contributed by atoms with Crippen LogP contribution < -0.4 is 10.6 Å². The van der Waals surface area contributed by atoms with Crippen LogP contribution in [0.4, 0.5) is 11.4 Å². The Labute approximate surface area is 169 Å². The van der Waals surface area contributed by atoms with Crippen LogP contribution in [0.1, 0.15) is 31.7 Å². The maximum Gasteiger partial charge on any atom is 0.306 e. The Bertz CT molecular complexity index is 839. The number of carbonyl (C=O) groups is 3. The minimum atomic E-state index is -0.524. The third-order valence-corrected chi connectivity index (χ3v) is 4.30. The Balaban J connectivity index is 1.66. The molecular weight excluding hydrogens is 380 g/mol. The molecule has 0 bridgehead atoms. The molecule has 28 heavy (non-hydrogen) atoms. The number of esters is 1. The first-order valence-electron chi connectivity index (χ1n) is 9.07. The van der Waals surface area contributed by atoms with Crippen LogP contribution in [0.3, 0.4) is 0 Å². The molecule has 0 aromatic heterocycles. The Hall–Kier alpha value is -2.86. The summed E-state index contributed by atoms with van der Waals surface area (Å²) in [6.07, 6.45) is 1.30. The van der Waals surface area contributed by atoms with Gasteiger partial charge in [0.1, 0.15) is 0 Å². The highest BCUT2D eigenvalue weighted by Crippen LogP contribution is 2.20. The topological polar surface area (TPSA) is 84.5 Å². The average Bonchev–Trinajstić information content (AvgIpc) is 2.68. The molecular formula is C21H23ClN2O4. The highest BCUT2D eigenvalue weighted by atomic mass is 35.5. The molecule has 148 valence electrons. The third kappa shape index (κ3) is 7.04. The minimum absolute atomic E-state index is 0.0504. The second-order valence-electron chi connectivity index (χ2n) is 6.10. The van der Waals surface area contributed by atoms with Gasteiger partial charge in [-0.05, 0) is 36.6 Å². The largest absolute Gasteiger partial charge is 0.456 e. The summed E-state index contributed by atoms with van der Waals surface area (Å²) in [5, 5.41) is 5.87. The summed E-state index contributed by atoms with van der Waals surface area (Å²) in [6, 6.07) is 14.4. The molecule has 0 radical (unpaired) electrons. The molecule has 2 amide bonds. The Kier molecular flexibility index (Phi) is 8.49. The standard InChI is InChI=1S/C21H23ClN2O4/c1-2-15-8-3-5-10-17(15)23-20(26)14-28-21(27)13-7-12-19(25)24-18-11-6-4-9-16(18)22/h3-6,8-11H,2,7,12-14H2,1H3,(H,23,26)(H,24,25). The molecule has 0 unspecified atom stereocenters. The van der Waals surface area contributed by atoms with Crippen molar-refractivity contribution >= 4 is 40.8 Å². The number of ether oxygens (including phenoxy) is 1. The number of aryl methyl sites for hydroxylation is 1. The molecule has 0 saturated carbocycles. The molecule has 0 spiro atoms. The number of amides is 2. The molecule has 7 heteroatoms. The zero-order valence-electron chi connectivity index (χ0n) is 15.7. The first kappa shape index (κ1) is 21.4. The second-order valence-corrected chi connectivity index (χ2v) is 6.51. The maximum atomic E-state index is 11.9. The van der Waals surface area contributed by atoms with Gasteiger partial charge in [0.05, 0.1) is 10.7 Å². The number of hydrogen-bond donors (Lipinski definition) is 2. The number of halogens is 1. The van der Waals surface area contributed by atoms with Gasteiger partial charge in [0.15, 0.2) is 6.61 Å². The summed E-state index contributed by atoms with van der Waals surface area (Å²) in [6.45, 7) is 1.63. The van der Waals surface area contributed by atoms with Crippen LogP contribution in [0.25, 0.3) is 0 Å². The van der Waals surface area contributed by atoms with Crippen LogP contribution in [0.15, 0.2) is 48.5 Å². The van der Waals surface area contributed by atoms with Gasteiger partial charge in [0.2, 0.25) is 5.91 Å². The van der Waals surface area contributed by atoms with Crippen LogP contribution in [0.5, 0.6) is 0 Å². The van der Waals surface area contributed by atoms with Crippen LogP contribution in [0, 0.1) is 0 Å². The smallest absolute Gasteiger partial charge is 0.306 e. The molecule has 0 aliphatic heterocycles. The molecule has 0 heterocycles. The Morgan fingerprint density at radius 3 is 2.25 bits per heavy atom. The summed E-state index contributed by atoms with van der Waals surface area (Å²) in [5.74, 6) is -1.16. The molecule has 2 rings (SSSR count). The fourth-order valence-corrected chi connectivity index (χ4v) is 2.71. The van der Waals surface area contributed by atoms with Gasteiger partial charge >= 0.3 is 5.97 Å². The van der Waals surface area contributed by atoms with E-state index in [9.17, 15) is 14.4 Å². The van der Waals surface area contributed by atoms with Crippen molar-refractivity contribution in [2.45, 2.75) is 32.6 Å². The van der Waals surface area contributed by atoms with Crippen LogP contribution in [0.2, 0.25) is 5.02 Å². The molecule has 0 fully saturated rings. The molecule has 0 atom stereocenters. The van der Waals surface area contributed by atoms with Crippen molar-refractivity contribution in [1.82, 2.24) is 0 Å².